The summed E-state index contributed by atoms with van der Waals surface area (Å²) in [5.74, 6) is -0.269. The van der Waals surface area contributed by atoms with E-state index in [1.165, 1.54) is 7.11 Å². The number of hydrogen-bond acceptors (Lipinski definition) is 4. The fourth-order valence-electron chi connectivity index (χ4n) is 1.89. The van der Waals surface area contributed by atoms with Crippen molar-refractivity contribution in [1.82, 2.24) is 15.1 Å². The van der Waals surface area contributed by atoms with Gasteiger partial charge in [-0.05, 0) is 27.2 Å². The van der Waals surface area contributed by atoms with Crippen LogP contribution >= 0.6 is 11.6 Å². The van der Waals surface area contributed by atoms with Crippen LogP contribution in [0.3, 0.4) is 0 Å². The van der Waals surface area contributed by atoms with Gasteiger partial charge in [0.1, 0.15) is 5.54 Å². The van der Waals surface area contributed by atoms with Gasteiger partial charge in [-0.2, -0.15) is 5.10 Å². The van der Waals surface area contributed by atoms with Crippen LogP contribution in [0, 0.1) is 0 Å². The van der Waals surface area contributed by atoms with Crippen molar-refractivity contribution in [3.63, 3.8) is 0 Å². The van der Waals surface area contributed by atoms with E-state index in [4.69, 9.17) is 16.3 Å². The summed E-state index contributed by atoms with van der Waals surface area (Å²) >= 11 is 5.79. The molecule has 1 aromatic rings. The van der Waals surface area contributed by atoms with Crippen LogP contribution in [0.5, 0.6) is 0 Å². The van der Waals surface area contributed by atoms with E-state index in [2.05, 4.69) is 10.4 Å². The first-order valence-electron chi connectivity index (χ1n) is 5.91. The van der Waals surface area contributed by atoms with Crippen LogP contribution in [0.25, 0.3) is 0 Å². The highest BCUT2D eigenvalue weighted by Gasteiger charge is 2.34. The maximum Gasteiger partial charge on any atom is 0.325 e. The molecule has 1 heterocycles. The Kier molecular flexibility index (Phi) is 5.16. The molecule has 0 aliphatic rings. The van der Waals surface area contributed by atoms with Crippen LogP contribution < -0.4 is 5.32 Å². The zero-order chi connectivity index (χ0) is 13.8. The van der Waals surface area contributed by atoms with Gasteiger partial charge in [0, 0.05) is 18.8 Å². The summed E-state index contributed by atoms with van der Waals surface area (Å²) in [6, 6.07) is 0.190. The van der Waals surface area contributed by atoms with Crippen molar-refractivity contribution in [2.24, 2.45) is 0 Å². The van der Waals surface area contributed by atoms with Gasteiger partial charge < -0.3 is 4.74 Å². The second-order valence-electron chi connectivity index (χ2n) is 4.79. The minimum Gasteiger partial charge on any atom is -0.468 e. The Morgan fingerprint density at radius 1 is 1.67 bits per heavy atom. The number of aromatic nitrogens is 2. The Balaban J connectivity index is 2.69. The number of esters is 1. The van der Waals surface area contributed by atoms with Crippen LogP contribution in [-0.4, -0.2) is 34.4 Å². The molecule has 1 unspecified atom stereocenters. The molecular weight excluding hydrogens is 254 g/mol. The molecule has 6 heteroatoms. The van der Waals surface area contributed by atoms with E-state index in [-0.39, 0.29) is 12.0 Å². The van der Waals surface area contributed by atoms with E-state index in [1.807, 2.05) is 20.8 Å². The maximum atomic E-state index is 11.9. The van der Waals surface area contributed by atoms with Gasteiger partial charge in [0.05, 0.1) is 18.3 Å². The highest BCUT2D eigenvalue weighted by molar-refractivity contribution is 6.30. The maximum absolute atomic E-state index is 11.9. The smallest absolute Gasteiger partial charge is 0.325 e. The topological polar surface area (TPSA) is 56.2 Å². The number of carbonyl (C=O) groups is 1. The first-order chi connectivity index (χ1) is 8.37. The molecule has 0 aliphatic carbocycles. The Morgan fingerprint density at radius 3 is 2.78 bits per heavy atom. The third kappa shape index (κ3) is 3.99. The lowest BCUT2D eigenvalue weighted by Crippen LogP contribution is -2.53. The molecule has 0 aliphatic heterocycles. The van der Waals surface area contributed by atoms with Gasteiger partial charge in [0.2, 0.25) is 0 Å². The van der Waals surface area contributed by atoms with Crippen LogP contribution in [0.4, 0.5) is 0 Å². The summed E-state index contributed by atoms with van der Waals surface area (Å²) in [4.78, 5) is 11.9. The molecule has 18 heavy (non-hydrogen) atoms. The van der Waals surface area contributed by atoms with Gasteiger partial charge >= 0.3 is 5.97 Å². The summed E-state index contributed by atoms with van der Waals surface area (Å²) in [6.45, 7) is 6.42. The standard InChI is InChI=1S/C12H20ClN3O2/c1-9(2)15-12(3,11(17)18-4)5-6-16-8-10(13)7-14-16/h7-9,15H,5-6H2,1-4H3. The van der Waals surface area contributed by atoms with Gasteiger partial charge in [-0.25, -0.2) is 0 Å². The second-order valence-corrected chi connectivity index (χ2v) is 5.23. The number of ether oxygens (including phenoxy) is 1. The Hall–Kier alpha value is -1.07. The first kappa shape index (κ1) is 15.0. The molecule has 1 rings (SSSR count). The van der Waals surface area contributed by atoms with Gasteiger partial charge in [-0.1, -0.05) is 11.6 Å². The minimum atomic E-state index is -0.721. The fraction of sp³-hybridized carbons (Fsp3) is 0.667. The summed E-state index contributed by atoms with van der Waals surface area (Å²) in [5, 5.41) is 7.91. The fourth-order valence-corrected chi connectivity index (χ4v) is 2.05. The predicted octanol–water partition coefficient (Wildman–Crippen LogP) is 1.86. The number of rotatable bonds is 6. The summed E-state index contributed by atoms with van der Waals surface area (Å²) in [7, 11) is 1.40. The van der Waals surface area contributed by atoms with Crippen molar-refractivity contribution in [2.45, 2.75) is 45.3 Å². The van der Waals surface area contributed by atoms with Crippen molar-refractivity contribution < 1.29 is 9.53 Å². The number of halogens is 1. The average molecular weight is 274 g/mol. The lowest BCUT2D eigenvalue weighted by atomic mass is 9.97. The van der Waals surface area contributed by atoms with Crippen molar-refractivity contribution in [3.05, 3.63) is 17.4 Å². The number of nitrogens with one attached hydrogen (secondary N) is 1. The Morgan fingerprint density at radius 2 is 2.33 bits per heavy atom. The molecule has 0 saturated heterocycles. The molecule has 1 N–H and O–H groups in total. The molecule has 0 spiro atoms. The third-order valence-corrected chi connectivity index (χ3v) is 2.88. The molecular formula is C12H20ClN3O2. The monoisotopic (exact) mass is 273 g/mol. The number of nitrogens with zero attached hydrogens (tertiary/aromatic N) is 2. The van der Waals surface area contributed by atoms with Crippen molar-refractivity contribution >= 4 is 17.6 Å². The van der Waals surface area contributed by atoms with Crippen LogP contribution in [0.1, 0.15) is 27.2 Å². The van der Waals surface area contributed by atoms with E-state index in [0.29, 0.717) is 18.0 Å². The summed E-state index contributed by atoms with van der Waals surface area (Å²) < 4.78 is 6.57. The molecule has 1 aromatic heterocycles. The Labute approximate surface area is 112 Å². The molecule has 0 aromatic carbocycles. The van der Waals surface area contributed by atoms with Crippen LogP contribution in [0.15, 0.2) is 12.4 Å². The lowest BCUT2D eigenvalue weighted by molar-refractivity contribution is -0.148. The van der Waals surface area contributed by atoms with Crippen molar-refractivity contribution in [2.75, 3.05) is 7.11 Å². The van der Waals surface area contributed by atoms with Crippen LogP contribution in [-0.2, 0) is 16.1 Å². The Bertz CT molecular complexity index is 406. The third-order valence-electron chi connectivity index (χ3n) is 2.69. The molecule has 0 fully saturated rings. The molecule has 1 atom stereocenters. The zero-order valence-electron chi connectivity index (χ0n) is 11.2. The first-order valence-corrected chi connectivity index (χ1v) is 6.29. The molecule has 102 valence electrons. The van der Waals surface area contributed by atoms with Gasteiger partial charge in [-0.3, -0.25) is 14.8 Å². The SMILES string of the molecule is COC(=O)C(C)(CCn1cc(Cl)cn1)NC(C)C. The van der Waals surface area contributed by atoms with Crippen molar-refractivity contribution in [1.29, 1.82) is 0 Å². The van der Waals surface area contributed by atoms with Gasteiger partial charge in [0.15, 0.2) is 0 Å². The van der Waals surface area contributed by atoms with E-state index >= 15 is 0 Å². The average Bonchev–Trinajstić information content (AvgIpc) is 2.70. The number of methoxy groups -OCH3 is 1. The van der Waals surface area contributed by atoms with Gasteiger partial charge in [0.25, 0.3) is 0 Å². The van der Waals surface area contributed by atoms with E-state index in [0.717, 1.165) is 0 Å². The quantitative estimate of drug-likeness (QED) is 0.804. The van der Waals surface area contributed by atoms with Gasteiger partial charge in [-0.15, -0.1) is 0 Å². The lowest BCUT2D eigenvalue weighted by Gasteiger charge is -2.30. The normalized spacial score (nSPS) is 14.6. The number of hydrogen-bond donors (Lipinski definition) is 1. The molecule has 5 nitrogen and oxygen atoms in total. The second kappa shape index (κ2) is 6.20. The highest BCUT2D eigenvalue weighted by Crippen LogP contribution is 2.15. The van der Waals surface area contributed by atoms with E-state index < -0.39 is 5.54 Å². The molecule has 0 bridgehead atoms. The summed E-state index contributed by atoms with van der Waals surface area (Å²) in [6.07, 6.45) is 3.89. The molecule has 0 radical (unpaired) electrons. The zero-order valence-corrected chi connectivity index (χ0v) is 12.0. The molecule has 0 amide bonds. The van der Waals surface area contributed by atoms with E-state index in [1.54, 1.807) is 17.1 Å². The highest BCUT2D eigenvalue weighted by atomic mass is 35.5. The number of carbonyl (C=O) groups excluding carboxylic acids is 1. The number of aryl methyl sites for hydroxylation is 1. The minimum absolute atomic E-state index is 0.190. The summed E-state index contributed by atoms with van der Waals surface area (Å²) in [5.41, 5.74) is -0.721. The van der Waals surface area contributed by atoms with E-state index in [9.17, 15) is 4.79 Å². The predicted molar refractivity (Wildman–Crippen MR) is 70.5 cm³/mol. The largest absolute Gasteiger partial charge is 0.468 e. The van der Waals surface area contributed by atoms with Crippen LogP contribution in [0.2, 0.25) is 5.02 Å². The molecule has 0 saturated carbocycles. The van der Waals surface area contributed by atoms with Crippen molar-refractivity contribution in [3.8, 4) is 0 Å².